The molecule has 0 amide bonds. The Balaban J connectivity index is 1.93. The molecule has 0 aromatic heterocycles. The van der Waals surface area contributed by atoms with Gasteiger partial charge in [0.15, 0.2) is 6.29 Å². The summed E-state index contributed by atoms with van der Waals surface area (Å²) < 4.78 is 11.0. The Morgan fingerprint density at radius 2 is 1.19 bits per heavy atom. The zero-order valence-corrected chi connectivity index (χ0v) is 19.1. The van der Waals surface area contributed by atoms with E-state index in [1.807, 2.05) is 6.92 Å². The number of aliphatic hydroxyl groups is 1. The summed E-state index contributed by atoms with van der Waals surface area (Å²) in [7, 11) is 0. The van der Waals surface area contributed by atoms with Gasteiger partial charge in [0, 0.05) is 0 Å². The van der Waals surface area contributed by atoms with Crippen molar-refractivity contribution in [3.8, 4) is 0 Å². The Morgan fingerprint density at radius 3 is 1.59 bits per heavy atom. The van der Waals surface area contributed by atoms with Gasteiger partial charge in [0.2, 0.25) is 0 Å². The first-order valence-corrected chi connectivity index (χ1v) is 11.7. The van der Waals surface area contributed by atoms with Crippen LogP contribution < -0.4 is 0 Å². The first-order chi connectivity index (χ1) is 12.8. The molecule has 0 radical (unpaired) electrons. The van der Waals surface area contributed by atoms with Gasteiger partial charge >= 0.3 is 0 Å². The van der Waals surface area contributed by atoms with Crippen molar-refractivity contribution in [2.75, 3.05) is 6.61 Å². The minimum Gasteiger partial charge on any atom is -0.385 e. The molecule has 1 N–H and O–H groups in total. The van der Waals surface area contributed by atoms with E-state index in [0.29, 0.717) is 12.5 Å². The molecule has 1 fully saturated rings. The topological polar surface area (TPSA) is 38.7 Å². The molecule has 1 heterocycles. The standard InChI is InChI=1S/C24H48O3/c1-18(2)10-7-11-19(3)12-8-13-20(4)14-9-15-21(5)16-17-26-24-23(25)22(6)27-24/h18-25H,7-17H2,1-6H3. The molecule has 1 saturated heterocycles. The maximum atomic E-state index is 9.66. The molecule has 6 unspecified atom stereocenters. The van der Waals surface area contributed by atoms with Crippen LogP contribution in [0, 0.1) is 23.7 Å². The van der Waals surface area contributed by atoms with E-state index in [1.54, 1.807) is 0 Å². The highest BCUT2D eigenvalue weighted by Gasteiger charge is 2.38. The second-order valence-electron chi connectivity index (χ2n) is 9.86. The van der Waals surface area contributed by atoms with Crippen LogP contribution in [-0.4, -0.2) is 30.2 Å². The van der Waals surface area contributed by atoms with Crippen molar-refractivity contribution in [1.29, 1.82) is 0 Å². The average molecular weight is 385 g/mol. The van der Waals surface area contributed by atoms with Crippen molar-refractivity contribution in [2.45, 2.75) is 124 Å². The van der Waals surface area contributed by atoms with Crippen molar-refractivity contribution in [2.24, 2.45) is 23.7 Å². The molecule has 162 valence electrons. The Morgan fingerprint density at radius 1 is 0.741 bits per heavy atom. The van der Waals surface area contributed by atoms with Crippen molar-refractivity contribution in [3.63, 3.8) is 0 Å². The van der Waals surface area contributed by atoms with E-state index in [4.69, 9.17) is 9.47 Å². The van der Waals surface area contributed by atoms with Gasteiger partial charge in [-0.1, -0.05) is 92.4 Å². The van der Waals surface area contributed by atoms with Gasteiger partial charge < -0.3 is 14.6 Å². The molecule has 3 heteroatoms. The summed E-state index contributed by atoms with van der Waals surface area (Å²) in [5.74, 6) is 3.30. The number of aliphatic hydroxyl groups excluding tert-OH is 1. The summed E-state index contributed by atoms with van der Waals surface area (Å²) >= 11 is 0. The van der Waals surface area contributed by atoms with E-state index in [0.717, 1.165) is 24.2 Å². The van der Waals surface area contributed by atoms with Crippen LogP contribution in [-0.2, 0) is 9.47 Å². The quantitative estimate of drug-likeness (QED) is 0.327. The predicted molar refractivity (Wildman–Crippen MR) is 115 cm³/mol. The fourth-order valence-corrected chi connectivity index (χ4v) is 3.96. The maximum Gasteiger partial charge on any atom is 0.186 e. The van der Waals surface area contributed by atoms with E-state index in [1.165, 1.54) is 57.8 Å². The van der Waals surface area contributed by atoms with E-state index >= 15 is 0 Å². The molecule has 0 aromatic rings. The zero-order chi connectivity index (χ0) is 20.2. The summed E-state index contributed by atoms with van der Waals surface area (Å²) in [6.45, 7) is 14.4. The minimum atomic E-state index is -0.445. The molecule has 1 rings (SSSR count). The minimum absolute atomic E-state index is 0.0723. The van der Waals surface area contributed by atoms with Gasteiger partial charge in [-0.25, -0.2) is 0 Å². The highest BCUT2D eigenvalue weighted by atomic mass is 16.7. The first kappa shape index (κ1) is 24.9. The number of hydrogen-bond acceptors (Lipinski definition) is 3. The van der Waals surface area contributed by atoms with Crippen LogP contribution in [0.3, 0.4) is 0 Å². The monoisotopic (exact) mass is 384 g/mol. The number of hydrogen-bond donors (Lipinski definition) is 1. The van der Waals surface area contributed by atoms with Crippen LogP contribution in [0.15, 0.2) is 0 Å². The molecule has 0 aliphatic carbocycles. The molecule has 0 bridgehead atoms. The highest BCUT2D eigenvalue weighted by Crippen LogP contribution is 2.24. The average Bonchev–Trinajstić information content (AvgIpc) is 2.60. The normalized spacial score (nSPS) is 26.0. The highest BCUT2D eigenvalue weighted by molar-refractivity contribution is 4.78. The summed E-state index contributed by atoms with van der Waals surface area (Å²) in [4.78, 5) is 0. The second-order valence-corrected chi connectivity index (χ2v) is 9.86. The lowest BCUT2D eigenvalue weighted by atomic mass is 9.91. The smallest absolute Gasteiger partial charge is 0.186 e. The molecule has 0 spiro atoms. The van der Waals surface area contributed by atoms with Gasteiger partial charge in [-0.05, 0) is 37.0 Å². The molecule has 0 aromatic carbocycles. The van der Waals surface area contributed by atoms with Crippen LogP contribution in [0.25, 0.3) is 0 Å². The van der Waals surface area contributed by atoms with Crippen LogP contribution >= 0.6 is 0 Å². The van der Waals surface area contributed by atoms with Gasteiger partial charge in [0.25, 0.3) is 0 Å². The summed E-state index contributed by atoms with van der Waals surface area (Å²) in [6, 6.07) is 0. The Bertz CT molecular complexity index is 358. The molecule has 3 nitrogen and oxygen atoms in total. The second kappa shape index (κ2) is 14.0. The first-order valence-electron chi connectivity index (χ1n) is 11.7. The summed E-state index contributed by atoms with van der Waals surface area (Å²) in [5, 5.41) is 9.66. The fourth-order valence-electron chi connectivity index (χ4n) is 3.96. The van der Waals surface area contributed by atoms with Crippen LogP contribution in [0.4, 0.5) is 0 Å². The van der Waals surface area contributed by atoms with Gasteiger partial charge in [0.1, 0.15) is 6.10 Å². The third-order valence-corrected chi connectivity index (χ3v) is 6.27. The Kier molecular flexibility index (Phi) is 12.9. The maximum absolute atomic E-state index is 9.66. The van der Waals surface area contributed by atoms with Crippen LogP contribution in [0.1, 0.15) is 106 Å². The molecule has 27 heavy (non-hydrogen) atoms. The SMILES string of the molecule is CC(C)CCCC(C)CCCC(C)CCCC(C)CCOC1OC(C)C1O. The molecular weight excluding hydrogens is 336 g/mol. The summed E-state index contributed by atoms with van der Waals surface area (Å²) in [6.07, 6.45) is 12.5. The predicted octanol–water partition coefficient (Wildman–Crippen LogP) is 6.57. The lowest BCUT2D eigenvalue weighted by molar-refractivity contribution is -0.318. The third-order valence-electron chi connectivity index (χ3n) is 6.27. The summed E-state index contributed by atoms with van der Waals surface area (Å²) in [5.41, 5.74) is 0. The third kappa shape index (κ3) is 11.5. The van der Waals surface area contributed by atoms with Crippen LogP contribution in [0.5, 0.6) is 0 Å². The Labute approximate surface area is 169 Å². The zero-order valence-electron chi connectivity index (χ0n) is 19.1. The van der Waals surface area contributed by atoms with Crippen LogP contribution in [0.2, 0.25) is 0 Å². The van der Waals surface area contributed by atoms with E-state index in [9.17, 15) is 5.11 Å². The lowest BCUT2D eigenvalue weighted by Gasteiger charge is -2.38. The number of ether oxygens (including phenoxy) is 2. The van der Waals surface area contributed by atoms with E-state index < -0.39 is 6.10 Å². The molecule has 1 aliphatic heterocycles. The van der Waals surface area contributed by atoms with Gasteiger partial charge in [-0.2, -0.15) is 0 Å². The van der Waals surface area contributed by atoms with Crippen molar-refractivity contribution in [3.05, 3.63) is 0 Å². The van der Waals surface area contributed by atoms with E-state index in [2.05, 4.69) is 34.6 Å². The molecular formula is C24H48O3. The largest absolute Gasteiger partial charge is 0.385 e. The van der Waals surface area contributed by atoms with Crippen molar-refractivity contribution >= 4 is 0 Å². The molecule has 0 saturated carbocycles. The van der Waals surface area contributed by atoms with Crippen molar-refractivity contribution < 1.29 is 14.6 Å². The van der Waals surface area contributed by atoms with E-state index in [-0.39, 0.29) is 12.4 Å². The van der Waals surface area contributed by atoms with Crippen molar-refractivity contribution in [1.82, 2.24) is 0 Å². The molecule has 6 atom stereocenters. The molecule has 1 aliphatic rings. The number of rotatable bonds is 16. The lowest BCUT2D eigenvalue weighted by Crippen LogP contribution is -2.53. The van der Waals surface area contributed by atoms with Gasteiger partial charge in [-0.15, -0.1) is 0 Å². The van der Waals surface area contributed by atoms with Gasteiger partial charge in [-0.3, -0.25) is 0 Å². The van der Waals surface area contributed by atoms with Gasteiger partial charge in [0.05, 0.1) is 12.7 Å². The Hall–Kier alpha value is -0.120. The fraction of sp³-hybridized carbons (Fsp3) is 1.00.